The summed E-state index contributed by atoms with van der Waals surface area (Å²) in [5.41, 5.74) is 30.9. The molecule has 0 aliphatic carbocycles. The Kier molecular flexibility index (Phi) is 45.1. The summed E-state index contributed by atoms with van der Waals surface area (Å²) in [5.74, 6) is -15.0. The summed E-state index contributed by atoms with van der Waals surface area (Å²) in [5, 5.41) is 37.7. The largest absolute Gasteiger partial charge is 0.370 e. The van der Waals surface area contributed by atoms with Gasteiger partial charge in [-0.05, 0) is 136 Å². The molecule has 0 saturated carbocycles. The first-order valence-corrected chi connectivity index (χ1v) is 41.5. The third kappa shape index (κ3) is 37.1. The van der Waals surface area contributed by atoms with E-state index in [9.17, 15) is 76.7 Å². The summed E-state index contributed by atoms with van der Waals surface area (Å²) in [7, 11) is 0. The van der Waals surface area contributed by atoms with Crippen molar-refractivity contribution in [3.8, 4) is 0 Å². The average Bonchev–Trinajstić information content (AvgIpc) is 1.56. The summed E-state index contributed by atoms with van der Waals surface area (Å²) in [6.45, 7) is 25.2. The van der Waals surface area contributed by atoms with Crippen molar-refractivity contribution in [2.75, 3.05) is 26.2 Å². The molecule has 0 spiro atoms. The van der Waals surface area contributed by atoms with Crippen LogP contribution in [-0.4, -0.2) is 204 Å². The number of amides is 16. The highest BCUT2D eigenvalue weighted by molar-refractivity contribution is 6.01. The summed E-state index contributed by atoms with van der Waals surface area (Å²) in [6.07, 6.45) is 3.67. The Labute approximate surface area is 699 Å². The van der Waals surface area contributed by atoms with E-state index in [1.165, 1.54) is 6.92 Å². The first kappa shape index (κ1) is 103. The number of rotatable bonds is 55. The topological polar surface area (TPSA) is 587 Å². The van der Waals surface area contributed by atoms with Crippen LogP contribution in [0.2, 0.25) is 0 Å². The minimum atomic E-state index is -1.69. The molecule has 664 valence electrons. The maximum absolute atomic E-state index is 14.7. The monoisotopic (exact) mass is 1670 g/mol. The minimum Gasteiger partial charge on any atom is -0.370 e. The smallest absolute Gasteiger partial charge is 0.243 e. The number of carbonyl (C=O) groups is 16. The predicted octanol–water partition coefficient (Wildman–Crippen LogP) is -0.488. The van der Waals surface area contributed by atoms with Gasteiger partial charge >= 0.3 is 0 Å². The normalized spacial score (nSPS) is 15.0. The fourth-order valence-corrected chi connectivity index (χ4v) is 13.0. The van der Waals surface area contributed by atoms with Gasteiger partial charge in [0.25, 0.3) is 0 Å². The summed E-state index contributed by atoms with van der Waals surface area (Å²) in [4.78, 5) is 225. The van der Waals surface area contributed by atoms with E-state index < -0.39 is 210 Å². The van der Waals surface area contributed by atoms with Gasteiger partial charge in [0, 0.05) is 29.9 Å². The number of aromatic amines is 1. The van der Waals surface area contributed by atoms with Crippen LogP contribution in [0.5, 0.6) is 0 Å². The summed E-state index contributed by atoms with van der Waals surface area (Å²) in [6, 6.07) is -0.719. The Hall–Kier alpha value is -10.6. The molecule has 3 aromatic rings. The Bertz CT molecular complexity index is 3850. The third-order valence-electron chi connectivity index (χ3n) is 19.9. The van der Waals surface area contributed by atoms with Crippen molar-refractivity contribution >= 4 is 105 Å². The number of unbranched alkanes of at least 4 members (excludes halogenated alkanes) is 2. The number of hydrogen-bond donors (Lipinski definition) is 20. The minimum absolute atomic E-state index is 0.000122. The van der Waals surface area contributed by atoms with Gasteiger partial charge in [0.2, 0.25) is 94.5 Å². The standard InChI is InChI=1S/C83H136N20O16/c1-16-50(14)70(81(117)91-42-66(105)92-51(15)72(108)102-68(48(10)11)83(119)100-60(36-46(6)7)76(112)97-61(37-47(8)9)80(116)103-69(49(12)13)82(118)94-58(71(88)107)34-44(2)3)101-67(106)43-90-74(110)57(31-23-25-33-85)93-77(113)62(38-52-26-18-17-19-27-52)98-75(111)59(35-45(4)5)96-79(115)64(40-65(87)104)99-78(114)63(95-73(109)55(86)29-22-24-32-84)39-53-41-89-56-30-21-20-28-54(53)56/h17-21,26-28,30,41,44-51,55,57-64,68-70,89H,16,22-25,29,31-40,42-43,84-86H2,1-15H3,(H2,87,104)(H2,88,107)(H,90,110)(H,91,117)(H,92,105)(H,93,113)(H,94,118)(H,95,109)(H,96,115)(H,97,112)(H,98,111)(H,99,114)(H,100,119)(H,101,106)(H,102,108)(H,103,116)/t50-,51-,55-,57-,58-,59-,60-,61-,62-,63-,64-,68-,69-,70-/m0/s1. The summed E-state index contributed by atoms with van der Waals surface area (Å²) >= 11 is 0. The van der Waals surface area contributed by atoms with E-state index in [1.54, 1.807) is 98.0 Å². The molecule has 119 heavy (non-hydrogen) atoms. The number of hydrogen-bond acceptors (Lipinski definition) is 19. The van der Waals surface area contributed by atoms with Gasteiger partial charge in [-0.2, -0.15) is 0 Å². The SMILES string of the molecule is CC[C@H](C)[C@H](NC(=O)CNC(=O)[C@H](CCCCN)NC(=O)[C@H](Cc1ccccc1)NC(=O)[C@H](CC(C)C)NC(=O)[C@H](CC(N)=O)NC(=O)[C@H](Cc1c[nH]c2ccccc12)NC(=O)[C@@H](N)CCCCN)C(=O)NCC(=O)N[C@@H](C)C(=O)N[C@H](C(=O)N[C@@H](CC(C)C)C(=O)N[C@@H](CC(C)C)C(=O)N[C@H](C(=O)N[C@@H](CC(C)C)C(N)=O)C(C)C)C(C)C. The highest BCUT2D eigenvalue weighted by Crippen LogP contribution is 2.21. The molecule has 0 saturated heterocycles. The van der Waals surface area contributed by atoms with Crippen molar-refractivity contribution in [1.82, 2.24) is 79.4 Å². The Morgan fingerprint density at radius 1 is 0.378 bits per heavy atom. The number of nitrogens with one attached hydrogen (secondary N) is 15. The van der Waals surface area contributed by atoms with Crippen LogP contribution in [0.15, 0.2) is 60.8 Å². The number of para-hydroxylation sites is 1. The number of carbonyl (C=O) groups excluding carboxylic acids is 16. The van der Waals surface area contributed by atoms with Gasteiger partial charge < -0.3 is 108 Å². The number of fused-ring (bicyclic) bond motifs is 1. The second-order valence-electron chi connectivity index (χ2n) is 33.1. The number of H-pyrrole nitrogens is 1. The quantitative estimate of drug-likeness (QED) is 0.0317. The number of nitrogens with two attached hydrogens (primary N) is 5. The lowest BCUT2D eigenvalue weighted by Crippen LogP contribution is -2.61. The van der Waals surface area contributed by atoms with Gasteiger partial charge in [0.1, 0.15) is 72.5 Å². The van der Waals surface area contributed by atoms with E-state index in [4.69, 9.17) is 28.7 Å². The van der Waals surface area contributed by atoms with Gasteiger partial charge in [-0.1, -0.05) is 158 Å². The molecular weight excluding hydrogens is 1530 g/mol. The lowest BCUT2D eigenvalue weighted by molar-refractivity contribution is -0.136. The highest BCUT2D eigenvalue weighted by atomic mass is 16.2. The molecule has 0 aliphatic heterocycles. The van der Waals surface area contributed by atoms with E-state index in [0.717, 1.165) is 10.9 Å². The Morgan fingerprint density at radius 3 is 1.28 bits per heavy atom. The van der Waals surface area contributed by atoms with Crippen LogP contribution in [-0.2, 0) is 89.6 Å². The summed E-state index contributed by atoms with van der Waals surface area (Å²) < 4.78 is 0. The van der Waals surface area contributed by atoms with Crippen molar-refractivity contribution in [1.29, 1.82) is 0 Å². The second-order valence-corrected chi connectivity index (χ2v) is 33.1. The molecule has 0 bridgehead atoms. The van der Waals surface area contributed by atoms with E-state index in [-0.39, 0.29) is 81.6 Å². The molecule has 3 rings (SSSR count). The van der Waals surface area contributed by atoms with Gasteiger partial charge in [-0.3, -0.25) is 76.7 Å². The molecule has 36 nitrogen and oxygen atoms in total. The molecule has 16 amide bonds. The number of aromatic nitrogens is 1. The third-order valence-corrected chi connectivity index (χ3v) is 19.9. The predicted molar refractivity (Wildman–Crippen MR) is 451 cm³/mol. The van der Waals surface area contributed by atoms with Crippen molar-refractivity contribution in [3.05, 3.63) is 71.9 Å². The molecule has 1 aromatic heterocycles. The van der Waals surface area contributed by atoms with Crippen LogP contribution in [0.3, 0.4) is 0 Å². The molecule has 1 heterocycles. The van der Waals surface area contributed by atoms with Crippen LogP contribution in [0.25, 0.3) is 10.9 Å². The molecule has 14 atom stereocenters. The number of primary amides is 2. The molecular formula is C83H136N20O16. The first-order chi connectivity index (χ1) is 56.0. The van der Waals surface area contributed by atoms with Crippen LogP contribution in [0, 0.1) is 41.4 Å². The zero-order valence-corrected chi connectivity index (χ0v) is 72.0. The van der Waals surface area contributed by atoms with E-state index in [2.05, 4.69) is 79.4 Å². The zero-order chi connectivity index (χ0) is 89.5. The maximum atomic E-state index is 14.7. The highest BCUT2D eigenvalue weighted by Gasteiger charge is 2.39. The van der Waals surface area contributed by atoms with E-state index >= 15 is 0 Å². The lowest BCUT2D eigenvalue weighted by Gasteiger charge is -2.30. The Morgan fingerprint density at radius 2 is 0.782 bits per heavy atom. The molecule has 0 fully saturated rings. The molecule has 25 N–H and O–H groups in total. The molecule has 2 aromatic carbocycles. The molecule has 0 radical (unpaired) electrons. The fraction of sp³-hybridized carbons (Fsp3) is 0.639. The Balaban J connectivity index is 1.77. The molecule has 36 heteroatoms. The fourth-order valence-electron chi connectivity index (χ4n) is 13.0. The van der Waals surface area contributed by atoms with Gasteiger partial charge in [-0.15, -0.1) is 0 Å². The van der Waals surface area contributed by atoms with Crippen LogP contribution in [0.1, 0.15) is 192 Å². The van der Waals surface area contributed by atoms with E-state index in [1.807, 2.05) is 59.7 Å². The second kappa shape index (κ2) is 52.3. The van der Waals surface area contributed by atoms with Crippen molar-refractivity contribution in [2.24, 2.45) is 70.1 Å². The van der Waals surface area contributed by atoms with Crippen molar-refractivity contribution < 1.29 is 76.7 Å². The van der Waals surface area contributed by atoms with Crippen LogP contribution >= 0.6 is 0 Å². The molecule has 0 unspecified atom stereocenters. The van der Waals surface area contributed by atoms with Crippen molar-refractivity contribution in [3.63, 3.8) is 0 Å². The van der Waals surface area contributed by atoms with Crippen LogP contribution < -0.4 is 103 Å². The van der Waals surface area contributed by atoms with Gasteiger partial charge in [0.15, 0.2) is 0 Å². The lowest BCUT2D eigenvalue weighted by atomic mass is 9.97. The van der Waals surface area contributed by atoms with Crippen molar-refractivity contribution in [2.45, 2.75) is 272 Å². The maximum Gasteiger partial charge on any atom is 0.243 e. The average molecular weight is 1670 g/mol. The zero-order valence-electron chi connectivity index (χ0n) is 72.0. The number of benzene rings is 2. The van der Waals surface area contributed by atoms with E-state index in [0.29, 0.717) is 49.8 Å². The first-order valence-electron chi connectivity index (χ1n) is 41.5. The van der Waals surface area contributed by atoms with Gasteiger partial charge in [-0.25, -0.2) is 0 Å². The molecule has 0 aliphatic rings. The van der Waals surface area contributed by atoms with Crippen LogP contribution in [0.4, 0.5) is 0 Å². The van der Waals surface area contributed by atoms with Gasteiger partial charge in [0.05, 0.1) is 25.6 Å².